The number of isothiocyanates is 1. The topological polar surface area (TPSA) is 93.5 Å². The molecule has 2 rings (SSSR count). The summed E-state index contributed by atoms with van der Waals surface area (Å²) < 4.78 is 31.7. The maximum Gasteiger partial charge on any atom is 0.263 e. The van der Waals surface area contributed by atoms with Crippen molar-refractivity contribution in [3.05, 3.63) is 36.7 Å². The third kappa shape index (κ3) is 3.60. The van der Waals surface area contributed by atoms with E-state index < -0.39 is 10.0 Å². The Morgan fingerprint density at radius 1 is 1.24 bits per heavy atom. The van der Waals surface area contributed by atoms with Crippen LogP contribution in [0.4, 0.5) is 11.5 Å². The maximum atomic E-state index is 12.2. The van der Waals surface area contributed by atoms with Gasteiger partial charge in [-0.25, -0.2) is 18.4 Å². The number of nitrogens with one attached hydrogen (secondary N) is 1. The molecule has 1 aromatic carbocycles. The second-order valence-electron chi connectivity index (χ2n) is 3.72. The first-order valence-electron chi connectivity index (χ1n) is 5.62. The molecule has 2 aromatic rings. The van der Waals surface area contributed by atoms with Crippen LogP contribution >= 0.6 is 12.2 Å². The molecule has 0 spiro atoms. The molecule has 0 radical (unpaired) electrons. The third-order valence-corrected chi connectivity index (χ3v) is 3.86. The summed E-state index contributed by atoms with van der Waals surface area (Å²) >= 11 is 4.48. The lowest BCUT2D eigenvalue weighted by atomic mass is 10.3. The van der Waals surface area contributed by atoms with E-state index in [0.717, 1.165) is 0 Å². The SMILES string of the molecule is COc1nccnc1NS(=O)(=O)c1ccc(N=C=S)cc1. The van der Waals surface area contributed by atoms with Crippen LogP contribution in [0.2, 0.25) is 0 Å². The highest BCUT2D eigenvalue weighted by molar-refractivity contribution is 7.92. The Bertz CT molecular complexity index is 784. The highest BCUT2D eigenvalue weighted by Gasteiger charge is 2.17. The van der Waals surface area contributed by atoms with Crippen molar-refractivity contribution in [1.82, 2.24) is 9.97 Å². The van der Waals surface area contributed by atoms with Crippen molar-refractivity contribution in [2.45, 2.75) is 4.90 Å². The zero-order valence-corrected chi connectivity index (χ0v) is 12.5. The average Bonchev–Trinajstić information content (AvgIpc) is 2.48. The summed E-state index contributed by atoms with van der Waals surface area (Å²) in [7, 11) is -2.42. The fraction of sp³-hybridized carbons (Fsp3) is 0.0833. The standard InChI is InChI=1S/C12H10N4O3S2/c1-19-12-11(13-6-7-14-12)16-21(17,18)10-4-2-9(3-5-10)15-8-20/h2-7H,1H3,(H,13,16). The Morgan fingerprint density at radius 3 is 2.52 bits per heavy atom. The van der Waals surface area contributed by atoms with Gasteiger partial charge in [0.2, 0.25) is 5.82 Å². The molecule has 0 saturated heterocycles. The van der Waals surface area contributed by atoms with Gasteiger partial charge in [0.25, 0.3) is 15.9 Å². The molecule has 21 heavy (non-hydrogen) atoms. The molecule has 7 nitrogen and oxygen atoms in total. The van der Waals surface area contributed by atoms with Gasteiger partial charge < -0.3 is 4.74 Å². The van der Waals surface area contributed by atoms with Gasteiger partial charge >= 0.3 is 0 Å². The Labute approximate surface area is 126 Å². The van der Waals surface area contributed by atoms with Crippen LogP contribution < -0.4 is 9.46 Å². The zero-order valence-electron chi connectivity index (χ0n) is 10.8. The molecular weight excluding hydrogens is 312 g/mol. The van der Waals surface area contributed by atoms with Gasteiger partial charge in [0.15, 0.2) is 0 Å². The zero-order chi connectivity index (χ0) is 15.3. The highest BCUT2D eigenvalue weighted by atomic mass is 32.2. The summed E-state index contributed by atoms with van der Waals surface area (Å²) in [5, 5.41) is 2.21. The number of hydrogen-bond acceptors (Lipinski definition) is 7. The van der Waals surface area contributed by atoms with Crippen LogP contribution in [0.15, 0.2) is 46.5 Å². The second-order valence-corrected chi connectivity index (χ2v) is 5.58. The predicted octanol–water partition coefficient (Wildman–Crippen LogP) is 2.02. The molecular formula is C12H10N4O3S2. The predicted molar refractivity (Wildman–Crippen MR) is 80.5 cm³/mol. The van der Waals surface area contributed by atoms with E-state index in [1.165, 1.54) is 43.8 Å². The van der Waals surface area contributed by atoms with Gasteiger partial charge in [-0.2, -0.15) is 4.99 Å². The van der Waals surface area contributed by atoms with Crippen LogP contribution in [-0.2, 0) is 10.0 Å². The van der Waals surface area contributed by atoms with Crippen molar-refractivity contribution >= 4 is 38.9 Å². The third-order valence-electron chi connectivity index (χ3n) is 2.41. The van der Waals surface area contributed by atoms with Gasteiger partial charge in [0.05, 0.1) is 22.9 Å². The highest BCUT2D eigenvalue weighted by Crippen LogP contribution is 2.22. The number of thiocarbonyl (C=S) groups is 1. The minimum Gasteiger partial charge on any atom is -0.478 e. The molecule has 108 valence electrons. The summed E-state index contributed by atoms with van der Waals surface area (Å²) in [6.07, 6.45) is 2.76. The monoisotopic (exact) mass is 322 g/mol. The van der Waals surface area contributed by atoms with Gasteiger partial charge in [0, 0.05) is 12.4 Å². The van der Waals surface area contributed by atoms with E-state index in [2.05, 4.69) is 37.1 Å². The molecule has 9 heteroatoms. The second kappa shape index (κ2) is 6.40. The number of sulfonamides is 1. The molecule has 0 aliphatic rings. The van der Waals surface area contributed by atoms with Gasteiger partial charge in [-0.15, -0.1) is 0 Å². The number of benzene rings is 1. The lowest BCUT2D eigenvalue weighted by Gasteiger charge is -2.09. The quantitative estimate of drug-likeness (QED) is 0.668. The number of hydrogen-bond donors (Lipinski definition) is 1. The van der Waals surface area contributed by atoms with E-state index in [1.807, 2.05) is 0 Å². The molecule has 1 N–H and O–H groups in total. The van der Waals surface area contributed by atoms with Crippen molar-refractivity contribution in [1.29, 1.82) is 0 Å². The molecule has 0 aliphatic heterocycles. The first-order valence-corrected chi connectivity index (χ1v) is 7.52. The molecule has 0 bridgehead atoms. The van der Waals surface area contributed by atoms with E-state index in [4.69, 9.17) is 4.74 Å². The molecule has 1 heterocycles. The van der Waals surface area contributed by atoms with Gasteiger partial charge in [0.1, 0.15) is 0 Å². The smallest absolute Gasteiger partial charge is 0.263 e. The maximum absolute atomic E-state index is 12.2. The fourth-order valence-electron chi connectivity index (χ4n) is 1.48. The van der Waals surface area contributed by atoms with E-state index >= 15 is 0 Å². The Balaban J connectivity index is 2.31. The van der Waals surface area contributed by atoms with Crippen molar-refractivity contribution < 1.29 is 13.2 Å². The van der Waals surface area contributed by atoms with E-state index in [-0.39, 0.29) is 16.6 Å². The largest absolute Gasteiger partial charge is 0.478 e. The average molecular weight is 322 g/mol. The number of methoxy groups -OCH3 is 1. The summed E-state index contributed by atoms with van der Waals surface area (Å²) in [5.74, 6) is 0.101. The van der Waals surface area contributed by atoms with Crippen LogP contribution in [0.5, 0.6) is 5.88 Å². The minimum atomic E-state index is -3.80. The molecule has 0 saturated carbocycles. The number of aliphatic imine (C=N–C) groups is 1. The molecule has 0 unspecified atom stereocenters. The number of ether oxygens (including phenoxy) is 1. The fourth-order valence-corrected chi connectivity index (χ4v) is 2.60. The summed E-state index contributed by atoms with van der Waals surface area (Å²) in [4.78, 5) is 11.6. The number of nitrogens with zero attached hydrogens (tertiary/aromatic N) is 3. The lowest BCUT2D eigenvalue weighted by molar-refractivity contribution is 0.398. The van der Waals surface area contributed by atoms with Crippen LogP contribution in [0.25, 0.3) is 0 Å². The van der Waals surface area contributed by atoms with Crippen LogP contribution in [0.3, 0.4) is 0 Å². The van der Waals surface area contributed by atoms with Crippen LogP contribution in [0.1, 0.15) is 0 Å². The molecule has 0 fully saturated rings. The van der Waals surface area contributed by atoms with Gasteiger partial charge in [-0.3, -0.25) is 4.72 Å². The number of anilines is 1. The summed E-state index contributed by atoms with van der Waals surface area (Å²) in [5.41, 5.74) is 0.515. The Kier molecular flexibility index (Phi) is 4.59. The van der Waals surface area contributed by atoms with Gasteiger partial charge in [-0.05, 0) is 36.5 Å². The lowest BCUT2D eigenvalue weighted by Crippen LogP contribution is -2.14. The van der Waals surface area contributed by atoms with E-state index in [0.29, 0.717) is 5.69 Å². The number of aromatic nitrogens is 2. The van der Waals surface area contributed by atoms with E-state index in [9.17, 15) is 8.42 Å². The summed E-state index contributed by atoms with van der Waals surface area (Å²) in [6.45, 7) is 0. The normalized spacial score (nSPS) is 10.5. The first kappa shape index (κ1) is 15.0. The van der Waals surface area contributed by atoms with E-state index in [1.54, 1.807) is 0 Å². The van der Waals surface area contributed by atoms with Crippen molar-refractivity contribution in [2.24, 2.45) is 4.99 Å². The van der Waals surface area contributed by atoms with Crippen LogP contribution in [0, 0.1) is 0 Å². The summed E-state index contributed by atoms with van der Waals surface area (Å²) in [6, 6.07) is 5.83. The molecule has 1 aromatic heterocycles. The molecule has 0 amide bonds. The Morgan fingerprint density at radius 2 is 1.90 bits per heavy atom. The van der Waals surface area contributed by atoms with Crippen molar-refractivity contribution in [3.8, 4) is 5.88 Å². The molecule has 0 aliphatic carbocycles. The number of rotatable bonds is 5. The van der Waals surface area contributed by atoms with Crippen molar-refractivity contribution in [2.75, 3.05) is 11.8 Å². The van der Waals surface area contributed by atoms with Gasteiger partial charge in [-0.1, -0.05) is 0 Å². The first-order chi connectivity index (χ1) is 10.1. The minimum absolute atomic E-state index is 0.0148. The Hall–Kier alpha value is -2.35. The van der Waals surface area contributed by atoms with Crippen LogP contribution in [-0.4, -0.2) is 30.7 Å². The molecule has 0 atom stereocenters. The van der Waals surface area contributed by atoms with Crippen molar-refractivity contribution in [3.63, 3.8) is 0 Å².